The highest BCUT2D eigenvalue weighted by atomic mass is 35.5. The quantitative estimate of drug-likeness (QED) is 0.588. The van der Waals surface area contributed by atoms with Gasteiger partial charge in [-0.2, -0.15) is 0 Å². The van der Waals surface area contributed by atoms with Crippen LogP contribution < -0.4 is 0 Å². The van der Waals surface area contributed by atoms with Gasteiger partial charge >= 0.3 is 0 Å². The molecular formula is C9H21Cl2N. The van der Waals surface area contributed by atoms with E-state index in [1.165, 1.54) is 32.5 Å². The van der Waals surface area contributed by atoms with Crippen molar-refractivity contribution in [3.63, 3.8) is 0 Å². The molecule has 0 heterocycles. The first-order chi connectivity index (χ1) is 5.35. The highest BCUT2D eigenvalue weighted by Crippen LogP contribution is 1.96. The van der Waals surface area contributed by atoms with E-state index < -0.39 is 0 Å². The van der Waals surface area contributed by atoms with Crippen molar-refractivity contribution >= 4 is 24.0 Å². The van der Waals surface area contributed by atoms with E-state index in [-0.39, 0.29) is 12.4 Å². The van der Waals surface area contributed by atoms with E-state index in [9.17, 15) is 0 Å². The van der Waals surface area contributed by atoms with Crippen LogP contribution in [-0.4, -0.2) is 30.4 Å². The number of rotatable bonds is 7. The van der Waals surface area contributed by atoms with Gasteiger partial charge in [0.25, 0.3) is 0 Å². The topological polar surface area (TPSA) is 3.24 Å². The van der Waals surface area contributed by atoms with Crippen LogP contribution >= 0.6 is 24.0 Å². The summed E-state index contributed by atoms with van der Waals surface area (Å²) in [6, 6.07) is 0. The first-order valence-corrected chi connectivity index (χ1v) is 5.16. The van der Waals surface area contributed by atoms with E-state index in [0.717, 1.165) is 12.3 Å². The second kappa shape index (κ2) is 11.5. The number of nitrogens with zero attached hydrogens (tertiary/aromatic N) is 1. The molecule has 0 rings (SSSR count). The van der Waals surface area contributed by atoms with Gasteiger partial charge in [0.15, 0.2) is 0 Å². The smallest absolute Gasteiger partial charge is 0.0235 e. The lowest BCUT2D eigenvalue weighted by Gasteiger charge is -2.19. The summed E-state index contributed by atoms with van der Waals surface area (Å²) in [5, 5.41) is 0. The fourth-order valence-electron chi connectivity index (χ4n) is 1.25. The van der Waals surface area contributed by atoms with Gasteiger partial charge < -0.3 is 4.90 Å². The third kappa shape index (κ3) is 8.63. The van der Waals surface area contributed by atoms with E-state index in [1.807, 2.05) is 0 Å². The Morgan fingerprint density at radius 3 is 1.83 bits per heavy atom. The highest BCUT2D eigenvalue weighted by molar-refractivity contribution is 6.17. The molecule has 1 nitrogen and oxygen atoms in total. The Balaban J connectivity index is 0. The predicted molar refractivity (Wildman–Crippen MR) is 59.6 cm³/mol. The normalized spacial score (nSPS) is 10.0. The minimum Gasteiger partial charge on any atom is -0.303 e. The van der Waals surface area contributed by atoms with Gasteiger partial charge in [-0.25, -0.2) is 0 Å². The first kappa shape index (κ1) is 15.0. The van der Waals surface area contributed by atoms with Gasteiger partial charge in [0.2, 0.25) is 0 Å². The maximum atomic E-state index is 5.62. The molecule has 0 bridgehead atoms. The van der Waals surface area contributed by atoms with Crippen molar-refractivity contribution < 1.29 is 0 Å². The molecular weight excluding hydrogens is 193 g/mol. The summed E-state index contributed by atoms with van der Waals surface area (Å²) < 4.78 is 0. The third-order valence-corrected chi connectivity index (χ3v) is 1.95. The molecule has 76 valence electrons. The average molecular weight is 214 g/mol. The summed E-state index contributed by atoms with van der Waals surface area (Å²) in [6.45, 7) is 8.08. The maximum absolute atomic E-state index is 5.62. The molecule has 0 aliphatic carbocycles. The van der Waals surface area contributed by atoms with E-state index >= 15 is 0 Å². The molecule has 0 fully saturated rings. The Morgan fingerprint density at radius 2 is 1.50 bits per heavy atom. The molecule has 3 heteroatoms. The lowest BCUT2D eigenvalue weighted by atomic mass is 10.3. The van der Waals surface area contributed by atoms with Crippen molar-refractivity contribution in [2.24, 2.45) is 0 Å². The van der Waals surface area contributed by atoms with Crippen LogP contribution in [0, 0.1) is 0 Å². The fraction of sp³-hybridized carbons (Fsp3) is 1.00. The van der Waals surface area contributed by atoms with Crippen molar-refractivity contribution in [1.82, 2.24) is 4.90 Å². The van der Waals surface area contributed by atoms with Gasteiger partial charge in [-0.15, -0.1) is 24.0 Å². The van der Waals surface area contributed by atoms with Gasteiger partial charge in [-0.05, 0) is 38.9 Å². The van der Waals surface area contributed by atoms with Gasteiger partial charge in [-0.3, -0.25) is 0 Å². The third-order valence-electron chi connectivity index (χ3n) is 1.69. The summed E-state index contributed by atoms with van der Waals surface area (Å²) >= 11 is 5.62. The minimum atomic E-state index is 0. The molecule has 0 aromatic heterocycles. The maximum Gasteiger partial charge on any atom is 0.0235 e. The number of halogens is 2. The van der Waals surface area contributed by atoms with Crippen LogP contribution in [0.2, 0.25) is 0 Å². The Morgan fingerprint density at radius 1 is 1.00 bits per heavy atom. The van der Waals surface area contributed by atoms with Gasteiger partial charge in [-0.1, -0.05) is 13.8 Å². The van der Waals surface area contributed by atoms with Gasteiger partial charge in [0.1, 0.15) is 0 Å². The van der Waals surface area contributed by atoms with Crippen LogP contribution in [-0.2, 0) is 0 Å². The van der Waals surface area contributed by atoms with Crippen molar-refractivity contribution in [3.8, 4) is 0 Å². The molecule has 0 radical (unpaired) electrons. The van der Waals surface area contributed by atoms with Gasteiger partial charge in [0.05, 0.1) is 0 Å². The Kier molecular flexibility index (Phi) is 14.5. The molecule has 0 aliphatic rings. The molecule has 0 amide bonds. The van der Waals surface area contributed by atoms with Crippen LogP contribution in [0.4, 0.5) is 0 Å². The highest BCUT2D eigenvalue weighted by Gasteiger charge is 1.99. The van der Waals surface area contributed by atoms with Crippen molar-refractivity contribution in [1.29, 1.82) is 0 Å². The summed E-state index contributed by atoms with van der Waals surface area (Å²) in [5.74, 6) is 0.796. The summed E-state index contributed by atoms with van der Waals surface area (Å²) in [6.07, 6.45) is 3.63. The first-order valence-electron chi connectivity index (χ1n) is 4.63. The minimum absolute atomic E-state index is 0. The summed E-state index contributed by atoms with van der Waals surface area (Å²) in [4.78, 5) is 2.49. The lowest BCUT2D eigenvalue weighted by molar-refractivity contribution is 0.276. The van der Waals surface area contributed by atoms with E-state index in [1.54, 1.807) is 0 Å². The van der Waals surface area contributed by atoms with Crippen LogP contribution in [0.15, 0.2) is 0 Å². The summed E-state index contributed by atoms with van der Waals surface area (Å²) in [7, 11) is 0. The summed E-state index contributed by atoms with van der Waals surface area (Å²) in [5.41, 5.74) is 0. The Bertz CT molecular complexity index is 72.9. The SMILES string of the molecule is CCCN(CCC)CCCCl.Cl. The molecule has 0 atom stereocenters. The number of hydrogen-bond acceptors (Lipinski definition) is 1. The monoisotopic (exact) mass is 213 g/mol. The molecule has 0 saturated heterocycles. The van der Waals surface area contributed by atoms with Crippen LogP contribution in [0.5, 0.6) is 0 Å². The number of alkyl halides is 1. The van der Waals surface area contributed by atoms with E-state index in [0.29, 0.717) is 0 Å². The van der Waals surface area contributed by atoms with E-state index in [2.05, 4.69) is 18.7 Å². The zero-order valence-electron chi connectivity index (χ0n) is 8.18. The van der Waals surface area contributed by atoms with Crippen LogP contribution in [0.1, 0.15) is 33.1 Å². The standard InChI is InChI=1S/C9H20ClN.ClH/c1-3-7-11(8-4-2)9-5-6-10;/h3-9H2,1-2H3;1H. The van der Waals surface area contributed by atoms with Crippen molar-refractivity contribution in [3.05, 3.63) is 0 Å². The zero-order valence-corrected chi connectivity index (χ0v) is 9.76. The lowest BCUT2D eigenvalue weighted by Crippen LogP contribution is -2.26. The molecule has 0 aromatic carbocycles. The largest absolute Gasteiger partial charge is 0.303 e. The van der Waals surface area contributed by atoms with Crippen LogP contribution in [0.3, 0.4) is 0 Å². The molecule has 0 unspecified atom stereocenters. The molecule has 0 saturated carbocycles. The van der Waals surface area contributed by atoms with Gasteiger partial charge in [0, 0.05) is 5.88 Å². The Hall–Kier alpha value is 0.540. The average Bonchev–Trinajstić information content (AvgIpc) is 2.01. The fourth-order valence-corrected chi connectivity index (χ4v) is 1.37. The molecule has 0 aliphatic heterocycles. The number of hydrogen-bond donors (Lipinski definition) is 0. The molecule has 0 spiro atoms. The van der Waals surface area contributed by atoms with Crippen LogP contribution in [0.25, 0.3) is 0 Å². The zero-order chi connectivity index (χ0) is 8.53. The second-order valence-corrected chi connectivity index (χ2v) is 3.26. The molecule has 0 N–H and O–H groups in total. The van der Waals surface area contributed by atoms with E-state index in [4.69, 9.17) is 11.6 Å². The Labute approximate surface area is 87.9 Å². The second-order valence-electron chi connectivity index (χ2n) is 2.88. The predicted octanol–water partition coefficient (Wildman–Crippen LogP) is 3.16. The van der Waals surface area contributed by atoms with Crippen molar-refractivity contribution in [2.75, 3.05) is 25.5 Å². The molecule has 0 aromatic rings. The van der Waals surface area contributed by atoms with Crippen molar-refractivity contribution in [2.45, 2.75) is 33.1 Å². The molecule has 12 heavy (non-hydrogen) atoms.